The van der Waals surface area contributed by atoms with Gasteiger partial charge in [0.05, 0.1) is 0 Å². The molecule has 6 rings (SSSR count). The predicted octanol–water partition coefficient (Wildman–Crippen LogP) is 9.33. The van der Waals surface area contributed by atoms with Gasteiger partial charge in [-0.1, -0.05) is 90.4 Å². The van der Waals surface area contributed by atoms with Crippen LogP contribution in [-0.2, 0) is 31.9 Å². The number of phenols is 1. The minimum atomic E-state index is -0.218. The fourth-order valence-electron chi connectivity index (χ4n) is 5.94. The molecule has 1 N–H and O–H groups in total. The smallest absolute Gasteiger partial charge is 0.140 e. The van der Waals surface area contributed by atoms with Crippen LogP contribution < -0.4 is 4.90 Å². The zero-order chi connectivity index (χ0) is 28.4. The molecule has 0 atom stereocenters. The molecule has 41 heavy (non-hydrogen) atoms. The maximum absolute atomic E-state index is 10.8. The average molecular weight is 722 g/mol. The van der Waals surface area contributed by atoms with E-state index in [0.29, 0.717) is 11.4 Å². The minimum absolute atomic E-state index is 0. The Labute approximate surface area is 257 Å². The summed E-state index contributed by atoms with van der Waals surface area (Å²) in [5, 5.41) is 11.7. The van der Waals surface area contributed by atoms with E-state index in [-0.39, 0.29) is 37.6 Å². The maximum atomic E-state index is 10.8. The van der Waals surface area contributed by atoms with Crippen LogP contribution in [0.25, 0.3) is 22.2 Å². The third-order valence-electron chi connectivity index (χ3n) is 8.23. The number of nitrogens with zero attached hydrogens (tertiary/aromatic N) is 3. The Kier molecular flexibility index (Phi) is 7.36. The van der Waals surface area contributed by atoms with Gasteiger partial charge in [-0.25, -0.2) is 4.98 Å². The number of rotatable bonds is 3. The molecule has 3 aromatic carbocycles. The standard InChI is InChI=1S/C36H36N3O.Pt/c1-22(2)23-18-19-37-33(21-23)39-30-11-9-8-10-27(30)36(6,7)28-14-12-24(20-31(28)39)29-16-13-25-26(35(3,4)5)15-17-32(40)34(25)38-29;/h8-19,21-22,40H,1-7H3;/q-1;. The SMILES string of the molecule is CC(C)c1ccnc(N2c3[c-]c(-c4ccc5c(C(C)(C)C)ccc(O)c5n4)ccc3C(C)(C)c3ccccc32)c1.[Pt]. The number of hydrogen-bond donors (Lipinski definition) is 1. The van der Waals surface area contributed by atoms with Gasteiger partial charge in [-0.3, -0.25) is 4.98 Å². The third kappa shape index (κ3) is 4.87. The summed E-state index contributed by atoms with van der Waals surface area (Å²) >= 11 is 0. The summed E-state index contributed by atoms with van der Waals surface area (Å²) in [4.78, 5) is 12.0. The van der Waals surface area contributed by atoms with Crippen molar-refractivity contribution in [1.82, 2.24) is 9.97 Å². The van der Waals surface area contributed by atoms with Gasteiger partial charge in [0.25, 0.3) is 0 Å². The summed E-state index contributed by atoms with van der Waals surface area (Å²) < 4.78 is 0. The van der Waals surface area contributed by atoms with Crippen molar-refractivity contribution in [1.29, 1.82) is 0 Å². The molecule has 5 heteroatoms. The predicted molar refractivity (Wildman–Crippen MR) is 165 cm³/mol. The second kappa shape index (κ2) is 10.4. The Hall–Kier alpha value is -3.49. The van der Waals surface area contributed by atoms with Crippen LogP contribution in [0.5, 0.6) is 5.75 Å². The molecule has 5 aromatic rings. The molecule has 1 aliphatic heterocycles. The number of anilines is 3. The summed E-state index contributed by atoms with van der Waals surface area (Å²) in [6, 6.07) is 28.8. The fourth-order valence-corrected chi connectivity index (χ4v) is 5.94. The molecule has 0 saturated heterocycles. The van der Waals surface area contributed by atoms with Crippen molar-refractivity contribution in [2.24, 2.45) is 0 Å². The molecule has 0 spiro atoms. The summed E-state index contributed by atoms with van der Waals surface area (Å²) in [5.41, 5.74) is 8.91. The van der Waals surface area contributed by atoms with Gasteiger partial charge >= 0.3 is 0 Å². The topological polar surface area (TPSA) is 49.2 Å². The van der Waals surface area contributed by atoms with Crippen LogP contribution in [0.1, 0.15) is 76.6 Å². The molecule has 4 nitrogen and oxygen atoms in total. The monoisotopic (exact) mass is 721 g/mol. The van der Waals surface area contributed by atoms with E-state index in [1.165, 1.54) is 16.7 Å². The van der Waals surface area contributed by atoms with E-state index in [1.54, 1.807) is 6.07 Å². The van der Waals surface area contributed by atoms with Crippen LogP contribution >= 0.6 is 0 Å². The molecule has 0 unspecified atom stereocenters. The number of phenolic OH excluding ortho intramolecular Hbond substituents is 1. The van der Waals surface area contributed by atoms with Crippen molar-refractivity contribution in [3.05, 3.63) is 107 Å². The summed E-state index contributed by atoms with van der Waals surface area (Å²) in [5.74, 6) is 1.46. The van der Waals surface area contributed by atoms with Gasteiger partial charge in [0.2, 0.25) is 0 Å². The van der Waals surface area contributed by atoms with Crippen LogP contribution in [0.4, 0.5) is 17.2 Å². The van der Waals surface area contributed by atoms with Gasteiger partial charge in [0, 0.05) is 38.3 Å². The number of aromatic hydroxyl groups is 1. The largest absolute Gasteiger partial charge is 0.506 e. The number of aromatic nitrogens is 2. The first-order valence-electron chi connectivity index (χ1n) is 14.0. The summed E-state index contributed by atoms with van der Waals surface area (Å²) in [6.07, 6.45) is 1.90. The molecule has 3 heterocycles. The van der Waals surface area contributed by atoms with Crippen LogP contribution in [0.2, 0.25) is 0 Å². The molecule has 0 fully saturated rings. The van der Waals surface area contributed by atoms with Crippen LogP contribution in [0.3, 0.4) is 0 Å². The number of hydrogen-bond acceptors (Lipinski definition) is 4. The van der Waals surface area contributed by atoms with Crippen molar-refractivity contribution in [2.75, 3.05) is 4.90 Å². The van der Waals surface area contributed by atoms with Crippen LogP contribution in [0.15, 0.2) is 79.0 Å². The Bertz CT molecular complexity index is 1770. The molecule has 212 valence electrons. The van der Waals surface area contributed by atoms with Crippen LogP contribution in [0, 0.1) is 6.07 Å². The first kappa shape index (κ1) is 29.0. The van der Waals surface area contributed by atoms with Gasteiger partial charge < -0.3 is 10.0 Å². The minimum Gasteiger partial charge on any atom is -0.506 e. The molecule has 1 aliphatic rings. The second-order valence-corrected chi connectivity index (χ2v) is 12.7. The quantitative estimate of drug-likeness (QED) is 0.189. The van der Waals surface area contributed by atoms with Gasteiger partial charge in [-0.2, -0.15) is 0 Å². The third-order valence-corrected chi connectivity index (χ3v) is 8.23. The molecule has 0 aliphatic carbocycles. The van der Waals surface area contributed by atoms with Crippen molar-refractivity contribution in [2.45, 2.75) is 65.2 Å². The van der Waals surface area contributed by atoms with E-state index >= 15 is 0 Å². The summed E-state index contributed by atoms with van der Waals surface area (Å²) in [6.45, 7) is 15.5. The van der Waals surface area contributed by atoms with Gasteiger partial charge in [0.15, 0.2) is 0 Å². The number of para-hydroxylation sites is 1. The Balaban J connectivity index is 0.00000337. The molecular weight excluding hydrogens is 685 g/mol. The average Bonchev–Trinajstić information content (AvgIpc) is 2.92. The molecule has 2 aromatic heterocycles. The van der Waals surface area contributed by atoms with E-state index in [4.69, 9.17) is 9.97 Å². The van der Waals surface area contributed by atoms with E-state index < -0.39 is 0 Å². The molecule has 0 amide bonds. The first-order chi connectivity index (χ1) is 19.0. The maximum Gasteiger partial charge on any atom is 0.140 e. The Morgan fingerprint density at radius 1 is 0.902 bits per heavy atom. The van der Waals surface area contributed by atoms with Gasteiger partial charge in [-0.15, -0.1) is 23.8 Å². The van der Waals surface area contributed by atoms with Crippen molar-refractivity contribution < 1.29 is 26.2 Å². The van der Waals surface area contributed by atoms with Gasteiger partial charge in [-0.05, 0) is 69.1 Å². The second-order valence-electron chi connectivity index (χ2n) is 12.7. The van der Waals surface area contributed by atoms with E-state index in [2.05, 4.69) is 114 Å². The molecule has 0 saturated carbocycles. The van der Waals surface area contributed by atoms with E-state index in [9.17, 15) is 5.11 Å². The zero-order valence-electron chi connectivity index (χ0n) is 24.7. The van der Waals surface area contributed by atoms with Crippen molar-refractivity contribution in [3.8, 4) is 17.0 Å². The fraction of sp³-hybridized carbons (Fsp3) is 0.278. The molecular formula is C36H36N3OPt-. The number of pyridine rings is 2. The first-order valence-corrected chi connectivity index (χ1v) is 14.0. The number of fused-ring (bicyclic) bond motifs is 3. The Morgan fingerprint density at radius 2 is 1.66 bits per heavy atom. The summed E-state index contributed by atoms with van der Waals surface area (Å²) in [7, 11) is 0. The van der Waals surface area contributed by atoms with Crippen LogP contribution in [-0.4, -0.2) is 15.1 Å². The van der Waals surface area contributed by atoms with Crippen molar-refractivity contribution in [3.63, 3.8) is 0 Å². The number of benzene rings is 3. The van der Waals surface area contributed by atoms with E-state index in [1.807, 2.05) is 18.3 Å². The Morgan fingerprint density at radius 3 is 2.39 bits per heavy atom. The van der Waals surface area contributed by atoms with E-state index in [0.717, 1.165) is 39.4 Å². The normalized spacial score (nSPS) is 14.0. The zero-order valence-corrected chi connectivity index (χ0v) is 27.0. The molecule has 0 bridgehead atoms. The van der Waals surface area contributed by atoms with Gasteiger partial charge in [0.1, 0.15) is 17.1 Å². The van der Waals surface area contributed by atoms with Crippen molar-refractivity contribution >= 4 is 28.1 Å². The molecule has 0 radical (unpaired) electrons.